The first-order chi connectivity index (χ1) is 9.63. The van der Waals surface area contributed by atoms with Crippen molar-refractivity contribution in [3.63, 3.8) is 0 Å². The summed E-state index contributed by atoms with van der Waals surface area (Å²) in [5, 5.41) is 13.2. The molecule has 20 heavy (non-hydrogen) atoms. The van der Waals surface area contributed by atoms with Crippen LogP contribution in [0.5, 0.6) is 0 Å². The van der Waals surface area contributed by atoms with Gasteiger partial charge in [0.1, 0.15) is 0 Å². The predicted molar refractivity (Wildman–Crippen MR) is 87.1 cm³/mol. The van der Waals surface area contributed by atoms with Gasteiger partial charge in [0.15, 0.2) is 0 Å². The third kappa shape index (κ3) is 4.44. The van der Waals surface area contributed by atoms with E-state index in [4.69, 9.17) is 0 Å². The maximum atomic E-state index is 9.77. The van der Waals surface area contributed by atoms with Gasteiger partial charge in [-0.15, -0.1) is 0 Å². The zero-order chi connectivity index (χ0) is 15.0. The van der Waals surface area contributed by atoms with Crippen LogP contribution in [0.15, 0.2) is 0 Å². The highest BCUT2D eigenvalue weighted by atomic mass is 16.3. The van der Waals surface area contributed by atoms with Crippen molar-refractivity contribution in [3.05, 3.63) is 0 Å². The fourth-order valence-electron chi connectivity index (χ4n) is 3.67. The minimum atomic E-state index is -0.00806. The molecule has 1 aliphatic rings. The molecule has 3 heteroatoms. The van der Waals surface area contributed by atoms with Gasteiger partial charge in [-0.05, 0) is 65.1 Å². The van der Waals surface area contributed by atoms with Crippen molar-refractivity contribution in [1.29, 1.82) is 0 Å². The third-order valence-corrected chi connectivity index (χ3v) is 5.51. The number of nitrogens with zero attached hydrogens (tertiary/aromatic N) is 1. The maximum absolute atomic E-state index is 9.77. The van der Waals surface area contributed by atoms with E-state index in [1.165, 1.54) is 51.6 Å². The molecular formula is C17H36N2O. The molecule has 0 amide bonds. The van der Waals surface area contributed by atoms with Crippen molar-refractivity contribution in [2.45, 2.75) is 77.3 Å². The van der Waals surface area contributed by atoms with Crippen LogP contribution in [-0.4, -0.2) is 48.3 Å². The van der Waals surface area contributed by atoms with E-state index in [9.17, 15) is 5.11 Å². The van der Waals surface area contributed by atoms with Crippen molar-refractivity contribution < 1.29 is 5.11 Å². The van der Waals surface area contributed by atoms with Crippen molar-refractivity contribution in [1.82, 2.24) is 10.2 Å². The summed E-state index contributed by atoms with van der Waals surface area (Å²) >= 11 is 0. The Kier molecular flexibility index (Phi) is 8.08. The average molecular weight is 284 g/mol. The molecule has 0 spiro atoms. The molecule has 2 N–H and O–H groups in total. The molecule has 1 aliphatic carbocycles. The fourth-order valence-corrected chi connectivity index (χ4v) is 3.67. The van der Waals surface area contributed by atoms with Gasteiger partial charge in [-0.25, -0.2) is 0 Å². The van der Waals surface area contributed by atoms with Crippen LogP contribution >= 0.6 is 0 Å². The van der Waals surface area contributed by atoms with Gasteiger partial charge in [-0.2, -0.15) is 0 Å². The molecule has 3 unspecified atom stereocenters. The van der Waals surface area contributed by atoms with Crippen LogP contribution < -0.4 is 5.32 Å². The Bertz CT molecular complexity index is 253. The Labute approximate surface area is 126 Å². The van der Waals surface area contributed by atoms with E-state index in [-0.39, 0.29) is 12.1 Å². The molecule has 0 saturated heterocycles. The Balaban J connectivity index is 2.53. The number of rotatable bonds is 10. The summed E-state index contributed by atoms with van der Waals surface area (Å²) in [6.45, 7) is 9.59. The van der Waals surface area contributed by atoms with Crippen molar-refractivity contribution >= 4 is 0 Å². The molecule has 0 aromatic rings. The van der Waals surface area contributed by atoms with E-state index in [0.717, 1.165) is 6.42 Å². The fraction of sp³-hybridized carbons (Fsp3) is 1.00. The Hall–Kier alpha value is -0.120. The summed E-state index contributed by atoms with van der Waals surface area (Å²) in [5.74, 6) is 0.630. The number of likely N-dealkylation sites (N-methyl/N-ethyl adjacent to an activating group) is 1. The van der Waals surface area contributed by atoms with Crippen LogP contribution in [0.4, 0.5) is 0 Å². The Morgan fingerprint density at radius 1 is 1.35 bits per heavy atom. The molecule has 3 atom stereocenters. The number of aliphatic hydroxyl groups is 1. The quantitative estimate of drug-likeness (QED) is 0.647. The number of hydrogen-bond acceptors (Lipinski definition) is 3. The highest BCUT2D eigenvalue weighted by Gasteiger charge is 2.40. The van der Waals surface area contributed by atoms with E-state index in [2.05, 4.69) is 31.0 Å². The van der Waals surface area contributed by atoms with Crippen molar-refractivity contribution in [2.75, 3.05) is 26.7 Å². The van der Waals surface area contributed by atoms with E-state index in [1.54, 1.807) is 0 Å². The van der Waals surface area contributed by atoms with Crippen LogP contribution in [0.25, 0.3) is 0 Å². The number of unbranched alkanes of at least 4 members (excludes halogenated alkanes) is 1. The highest BCUT2D eigenvalue weighted by molar-refractivity contribution is 4.98. The largest absolute Gasteiger partial charge is 0.394 e. The van der Waals surface area contributed by atoms with Gasteiger partial charge < -0.3 is 15.3 Å². The van der Waals surface area contributed by atoms with E-state index in [0.29, 0.717) is 12.0 Å². The molecule has 0 bridgehead atoms. The van der Waals surface area contributed by atoms with Crippen LogP contribution in [0.1, 0.15) is 65.7 Å². The number of hydrogen-bond donors (Lipinski definition) is 2. The molecule has 0 aliphatic heterocycles. The molecule has 120 valence electrons. The van der Waals surface area contributed by atoms with E-state index in [1.807, 2.05) is 7.05 Å². The van der Waals surface area contributed by atoms with Crippen LogP contribution in [0.2, 0.25) is 0 Å². The SMILES string of the molecule is CCCCN(CCC1CCCC1(CO)NC)C(C)CC. The van der Waals surface area contributed by atoms with Gasteiger partial charge in [-0.1, -0.05) is 26.7 Å². The lowest BCUT2D eigenvalue weighted by atomic mass is 9.85. The van der Waals surface area contributed by atoms with E-state index >= 15 is 0 Å². The van der Waals surface area contributed by atoms with Crippen LogP contribution in [0.3, 0.4) is 0 Å². The van der Waals surface area contributed by atoms with E-state index < -0.39 is 0 Å². The summed E-state index contributed by atoms with van der Waals surface area (Å²) in [7, 11) is 2.01. The van der Waals surface area contributed by atoms with Crippen molar-refractivity contribution in [2.24, 2.45) is 5.92 Å². The lowest BCUT2D eigenvalue weighted by Gasteiger charge is -2.36. The van der Waals surface area contributed by atoms with Crippen LogP contribution in [-0.2, 0) is 0 Å². The minimum absolute atomic E-state index is 0.00806. The second-order valence-corrected chi connectivity index (χ2v) is 6.59. The second-order valence-electron chi connectivity index (χ2n) is 6.59. The van der Waals surface area contributed by atoms with Gasteiger partial charge >= 0.3 is 0 Å². The van der Waals surface area contributed by atoms with Crippen molar-refractivity contribution in [3.8, 4) is 0 Å². The molecule has 0 aromatic heterocycles. The standard InChI is InChI=1S/C17H36N2O/c1-5-7-12-19(15(3)6-2)13-10-16-9-8-11-17(16,14-20)18-4/h15-16,18,20H,5-14H2,1-4H3. The van der Waals surface area contributed by atoms with Gasteiger partial charge in [0.05, 0.1) is 6.61 Å². The summed E-state index contributed by atoms with van der Waals surface area (Å²) in [6.07, 6.45) is 8.66. The Morgan fingerprint density at radius 2 is 2.10 bits per heavy atom. The third-order valence-electron chi connectivity index (χ3n) is 5.51. The predicted octanol–water partition coefficient (Wildman–Crippen LogP) is 3.03. The Morgan fingerprint density at radius 3 is 2.65 bits per heavy atom. The maximum Gasteiger partial charge on any atom is 0.0615 e. The number of nitrogens with one attached hydrogen (secondary N) is 1. The summed E-state index contributed by atoms with van der Waals surface area (Å²) in [5.41, 5.74) is -0.00806. The summed E-state index contributed by atoms with van der Waals surface area (Å²) in [4.78, 5) is 2.65. The molecule has 3 nitrogen and oxygen atoms in total. The first-order valence-corrected chi connectivity index (χ1v) is 8.67. The minimum Gasteiger partial charge on any atom is -0.394 e. The molecule has 0 heterocycles. The summed E-state index contributed by atoms with van der Waals surface area (Å²) < 4.78 is 0. The molecular weight excluding hydrogens is 248 g/mol. The smallest absolute Gasteiger partial charge is 0.0615 e. The molecule has 1 saturated carbocycles. The average Bonchev–Trinajstić information content (AvgIpc) is 2.90. The first-order valence-electron chi connectivity index (χ1n) is 8.67. The number of aliphatic hydroxyl groups excluding tert-OH is 1. The molecule has 0 radical (unpaired) electrons. The molecule has 1 rings (SSSR count). The normalized spacial score (nSPS) is 28.2. The zero-order valence-corrected chi connectivity index (χ0v) is 14.1. The second kappa shape index (κ2) is 9.01. The molecule has 0 aromatic carbocycles. The lowest BCUT2D eigenvalue weighted by Crippen LogP contribution is -2.50. The molecule has 1 fully saturated rings. The zero-order valence-electron chi connectivity index (χ0n) is 14.1. The van der Waals surface area contributed by atoms with Crippen LogP contribution in [0, 0.1) is 5.92 Å². The topological polar surface area (TPSA) is 35.5 Å². The van der Waals surface area contributed by atoms with Gasteiger partial charge in [0, 0.05) is 11.6 Å². The van der Waals surface area contributed by atoms with Gasteiger partial charge in [0.2, 0.25) is 0 Å². The monoisotopic (exact) mass is 284 g/mol. The highest BCUT2D eigenvalue weighted by Crippen LogP contribution is 2.37. The van der Waals surface area contributed by atoms with Gasteiger partial charge in [0.25, 0.3) is 0 Å². The first kappa shape index (κ1) is 17.9. The lowest BCUT2D eigenvalue weighted by molar-refractivity contribution is 0.111. The summed E-state index contributed by atoms with van der Waals surface area (Å²) in [6, 6.07) is 0.682. The van der Waals surface area contributed by atoms with Gasteiger partial charge in [-0.3, -0.25) is 0 Å².